The number of allylic oxidation sites excluding steroid dienone is 1. The van der Waals surface area contributed by atoms with E-state index in [-0.39, 0.29) is 76.8 Å². The maximum atomic E-state index is 15.2. The molecule has 3 fully saturated rings. The number of esters is 1. The minimum absolute atomic E-state index is 0.0206. The lowest BCUT2D eigenvalue weighted by Crippen LogP contribution is -2.61. The number of nitrogens with zero attached hydrogens (tertiary/aromatic N) is 3. The molecular formula is C72H107N13O21. The van der Waals surface area contributed by atoms with E-state index in [0.717, 1.165) is 20.8 Å². The van der Waals surface area contributed by atoms with E-state index in [4.69, 9.17) is 15.2 Å². The van der Waals surface area contributed by atoms with Crippen molar-refractivity contribution in [3.8, 4) is 5.75 Å². The van der Waals surface area contributed by atoms with E-state index in [1.807, 2.05) is 0 Å². The van der Waals surface area contributed by atoms with E-state index in [9.17, 15) is 83.1 Å². The van der Waals surface area contributed by atoms with E-state index in [1.165, 1.54) is 28.0 Å². The molecule has 3 aliphatic rings. The molecule has 0 spiro atoms. The van der Waals surface area contributed by atoms with Gasteiger partial charge in [-0.3, -0.25) is 62.3 Å². The second kappa shape index (κ2) is 42.5. The average Bonchev–Trinajstić information content (AvgIpc) is 1.57. The van der Waals surface area contributed by atoms with Gasteiger partial charge in [-0.15, -0.1) is 0 Å². The van der Waals surface area contributed by atoms with E-state index < -0.39 is 225 Å². The zero-order valence-corrected chi connectivity index (χ0v) is 61.6. The number of amides is 13. The fourth-order valence-electron chi connectivity index (χ4n) is 12.5. The molecule has 586 valence electrons. The van der Waals surface area contributed by atoms with Gasteiger partial charge in [-0.25, -0.2) is 4.79 Å². The number of aliphatic hydroxyl groups is 5. The third kappa shape index (κ3) is 25.9. The third-order valence-electron chi connectivity index (χ3n) is 18.7. The molecule has 34 heteroatoms. The van der Waals surface area contributed by atoms with Crippen molar-refractivity contribution < 1.29 is 102 Å². The van der Waals surface area contributed by atoms with Gasteiger partial charge in [-0.05, 0) is 107 Å². The lowest BCUT2D eigenvalue weighted by molar-refractivity contribution is -0.161. The minimum atomic E-state index is -2.48. The highest BCUT2D eigenvalue weighted by atomic mass is 16.5. The first-order valence-corrected chi connectivity index (χ1v) is 35.9. The Hall–Kier alpha value is -9.64. The summed E-state index contributed by atoms with van der Waals surface area (Å²) in [6, 6.07) is -0.756. The molecule has 34 nitrogen and oxygen atoms in total. The SMILES string of the molecule is C/C=C1/NC(=O)[C@H](CO)NC(=O)[C@H](C(C)C)NC(=O)[C@H](Cc2ccccc2)NC(=O)[C@@H]2CCCN2C(=O)CNC(=O)[C@H](CCC(N)=O)NC(=O)C(O)C(CC(CC(O)C(O)CC(C)C)OC(=O)[C@H](C)N(C)C(=O)CCC)NC(=O)[C@@H]2CCCN2C(=O)C(CCc2ccc(OC)cc2)NC(=O)[C@H](CO)NC1=O. The van der Waals surface area contributed by atoms with Crippen LogP contribution in [0.5, 0.6) is 5.75 Å². The number of ether oxygens (including phenoxy) is 2. The van der Waals surface area contributed by atoms with Gasteiger partial charge < -0.3 is 103 Å². The number of primary amides is 1. The van der Waals surface area contributed by atoms with Crippen molar-refractivity contribution in [2.45, 2.75) is 223 Å². The van der Waals surface area contributed by atoms with Crippen LogP contribution in [-0.2, 0) is 84.7 Å². The standard InChI is InChI=1S/C72H107N13O21/c1-10-17-58(91)83(8)41(7)72(104)106-45(35-56(89)55(88)32-39(3)4)34-49-61(93)70(102)76-47(28-29-57(73)90)62(94)74-36-59(92)84-30-15-20-53(84)67(99)79-50(33-43-18-13-12-14-19-43)64(96)82-60(40(5)6)69(101)81-52(38-87)65(97)75-46(11-2)63(95)80-51(37-86)66(98)77-48(27-24-42-22-25-44(105-9)26-23-42)71(103)85-31-16-21-54(85)68(100)78-49/h11-14,18-19,22-23,25-26,39-41,45,47-56,60-61,86-89,93H,10,15-17,20-21,24,27-38H2,1-9H3,(H2,73,90)(H,74,94)(H,75,97)(H,76,102)(H,77,98)(H,78,100)(H,79,99)(H,80,95)(H,81,101)(H,82,96)/b46-11+/t41-,45?,47-,48?,49?,50-,51-,52-,53-,54-,55?,56?,60-,61?/m0/s1. The first-order valence-electron chi connectivity index (χ1n) is 35.9. The Balaban J connectivity index is 1.64. The van der Waals surface area contributed by atoms with Crippen LogP contribution < -0.4 is 58.3 Å². The van der Waals surface area contributed by atoms with Gasteiger partial charge in [0.15, 0.2) is 6.10 Å². The number of nitrogens with two attached hydrogens (primary N) is 1. The number of hydrogen-bond acceptors (Lipinski definition) is 21. The quantitative estimate of drug-likeness (QED) is 0.0363. The van der Waals surface area contributed by atoms with E-state index >= 15 is 9.59 Å². The molecule has 3 saturated heterocycles. The summed E-state index contributed by atoms with van der Waals surface area (Å²) < 4.78 is 11.3. The summed E-state index contributed by atoms with van der Waals surface area (Å²) >= 11 is 0. The first-order chi connectivity index (χ1) is 50.2. The molecule has 106 heavy (non-hydrogen) atoms. The van der Waals surface area contributed by atoms with Crippen molar-refractivity contribution in [1.29, 1.82) is 0 Å². The molecular weight excluding hydrogens is 1380 g/mol. The number of likely N-dealkylation sites (N-methyl/N-ethyl adjacent to an activating group) is 1. The third-order valence-corrected chi connectivity index (χ3v) is 18.7. The number of aryl methyl sites for hydroxylation is 1. The van der Waals surface area contributed by atoms with Gasteiger partial charge in [0, 0.05) is 52.2 Å². The highest BCUT2D eigenvalue weighted by molar-refractivity contribution is 6.03. The average molecular weight is 1490 g/mol. The van der Waals surface area contributed by atoms with Crippen LogP contribution in [0.25, 0.3) is 0 Å². The van der Waals surface area contributed by atoms with Crippen LogP contribution in [-0.4, -0.2) is 255 Å². The van der Waals surface area contributed by atoms with Gasteiger partial charge in [0.1, 0.15) is 71.9 Å². The lowest BCUT2D eigenvalue weighted by atomic mass is 9.93. The smallest absolute Gasteiger partial charge is 0.328 e. The van der Waals surface area contributed by atoms with Gasteiger partial charge in [-0.2, -0.15) is 0 Å². The second-order valence-electron chi connectivity index (χ2n) is 27.6. The molecule has 5 rings (SSSR count). The van der Waals surface area contributed by atoms with Crippen LogP contribution in [0.15, 0.2) is 66.4 Å². The van der Waals surface area contributed by atoms with Gasteiger partial charge >= 0.3 is 5.97 Å². The van der Waals surface area contributed by atoms with E-state index in [1.54, 1.807) is 89.2 Å². The number of methoxy groups -OCH3 is 1. The number of carbonyl (C=O) groups is 14. The van der Waals surface area contributed by atoms with Crippen molar-refractivity contribution >= 4 is 82.8 Å². The van der Waals surface area contributed by atoms with Crippen molar-refractivity contribution in [1.82, 2.24) is 62.6 Å². The number of rotatable bonds is 24. The molecule has 0 saturated carbocycles. The Morgan fingerprint density at radius 2 is 1.23 bits per heavy atom. The summed E-state index contributed by atoms with van der Waals surface area (Å²) in [5, 5.41) is 78.5. The first kappa shape index (κ1) is 87.0. The zero-order chi connectivity index (χ0) is 78.6. The van der Waals surface area contributed by atoms with Crippen molar-refractivity contribution in [2.75, 3.05) is 47.0 Å². The van der Waals surface area contributed by atoms with Gasteiger partial charge in [0.25, 0.3) is 11.8 Å². The Morgan fingerprint density at radius 3 is 1.82 bits per heavy atom. The second-order valence-corrected chi connectivity index (χ2v) is 27.6. The summed E-state index contributed by atoms with van der Waals surface area (Å²) in [7, 11) is 2.81. The van der Waals surface area contributed by atoms with E-state index in [0.29, 0.717) is 23.3 Å². The molecule has 3 heterocycles. The molecule has 13 amide bonds. The molecule has 0 aromatic heterocycles. The van der Waals surface area contributed by atoms with Crippen LogP contribution in [0.4, 0.5) is 0 Å². The maximum Gasteiger partial charge on any atom is 0.328 e. The van der Waals surface area contributed by atoms with Crippen molar-refractivity contribution in [2.24, 2.45) is 17.6 Å². The maximum absolute atomic E-state index is 15.2. The molecule has 2 aromatic rings. The van der Waals surface area contributed by atoms with Crippen molar-refractivity contribution in [3.63, 3.8) is 0 Å². The topological polar surface area (TPSA) is 503 Å². The summed E-state index contributed by atoms with van der Waals surface area (Å²) in [6.07, 6.45) is -7.99. The Labute approximate surface area is 616 Å². The predicted octanol–water partition coefficient (Wildman–Crippen LogP) is -3.23. The largest absolute Gasteiger partial charge is 0.497 e. The van der Waals surface area contributed by atoms with E-state index in [2.05, 4.69) is 47.9 Å². The number of aliphatic hydroxyl groups excluding tert-OH is 5. The number of nitrogens with one attached hydrogen (secondary N) is 9. The summed E-state index contributed by atoms with van der Waals surface area (Å²) in [5.74, 6) is -14.3. The van der Waals surface area contributed by atoms with Gasteiger partial charge in [-0.1, -0.05) is 83.2 Å². The number of carbonyl (C=O) groups excluding carboxylic acids is 14. The zero-order valence-electron chi connectivity index (χ0n) is 61.6. The molecule has 2 aromatic carbocycles. The van der Waals surface area contributed by atoms with Gasteiger partial charge in [0.05, 0.1) is 45.1 Å². The van der Waals surface area contributed by atoms with Crippen LogP contribution in [0.3, 0.4) is 0 Å². The number of benzene rings is 2. The van der Waals surface area contributed by atoms with Crippen molar-refractivity contribution in [3.05, 3.63) is 77.5 Å². The molecule has 0 aliphatic carbocycles. The van der Waals surface area contributed by atoms with Crippen LogP contribution in [0.2, 0.25) is 0 Å². The molecule has 6 unspecified atom stereocenters. The molecule has 3 aliphatic heterocycles. The molecule has 16 N–H and O–H groups in total. The number of fused-ring (bicyclic) bond motifs is 2. The highest BCUT2D eigenvalue weighted by Crippen LogP contribution is 2.25. The summed E-state index contributed by atoms with van der Waals surface area (Å²) in [6.45, 7) is 7.91. The highest BCUT2D eigenvalue weighted by Gasteiger charge is 2.44. The summed E-state index contributed by atoms with van der Waals surface area (Å²) in [4.78, 5) is 202. The fraction of sp³-hybridized carbons (Fsp3) is 0.611. The number of hydrogen-bond donors (Lipinski definition) is 15. The normalized spacial score (nSPS) is 25.0. The summed E-state index contributed by atoms with van der Waals surface area (Å²) in [5.41, 5.74) is 6.17. The molecule has 0 radical (unpaired) electrons. The van der Waals surface area contributed by atoms with Crippen LogP contribution in [0, 0.1) is 11.8 Å². The molecule has 14 atom stereocenters. The van der Waals surface area contributed by atoms with Gasteiger partial charge in [0.2, 0.25) is 65.0 Å². The fourth-order valence-corrected chi connectivity index (χ4v) is 12.5. The molecule has 0 bridgehead atoms. The minimum Gasteiger partial charge on any atom is -0.497 e. The van der Waals surface area contributed by atoms with Crippen LogP contribution >= 0.6 is 0 Å². The Morgan fingerprint density at radius 1 is 0.651 bits per heavy atom. The van der Waals surface area contributed by atoms with Crippen LogP contribution in [0.1, 0.15) is 137 Å². The monoisotopic (exact) mass is 1490 g/mol. The predicted molar refractivity (Wildman–Crippen MR) is 381 cm³/mol. The lowest BCUT2D eigenvalue weighted by Gasteiger charge is -2.34. The Bertz CT molecular complexity index is 3420. The Kier molecular flexibility index (Phi) is 34.9.